The Morgan fingerprint density at radius 1 is 1.10 bits per heavy atom. The zero-order valence-electron chi connectivity index (χ0n) is 6.64. The van der Waals surface area contributed by atoms with Crippen LogP contribution in [0.2, 0.25) is 0 Å². The minimum atomic E-state index is 0.806. The fraction of sp³-hybridized carbons (Fsp3) is 0.889. The Kier molecular flexibility index (Phi) is 3.81. The molecule has 0 bridgehead atoms. The van der Waals surface area contributed by atoms with Crippen LogP contribution in [0.5, 0.6) is 0 Å². The SMILES string of the molecule is [CH2]OCC1CCCCCC1. The van der Waals surface area contributed by atoms with E-state index in [0.717, 1.165) is 12.5 Å². The molecule has 1 saturated carbocycles. The van der Waals surface area contributed by atoms with E-state index < -0.39 is 0 Å². The van der Waals surface area contributed by atoms with Gasteiger partial charge in [0.15, 0.2) is 0 Å². The number of ether oxygens (including phenoxy) is 1. The van der Waals surface area contributed by atoms with E-state index in [2.05, 4.69) is 7.11 Å². The molecular weight excluding hydrogens is 124 g/mol. The van der Waals surface area contributed by atoms with Crippen molar-refractivity contribution >= 4 is 0 Å². The summed E-state index contributed by atoms with van der Waals surface area (Å²) in [6, 6.07) is 0. The van der Waals surface area contributed by atoms with Crippen LogP contribution in [-0.4, -0.2) is 6.61 Å². The Bertz CT molecular complexity index is 72.8. The molecular formula is C9H17O. The highest BCUT2D eigenvalue weighted by Crippen LogP contribution is 2.22. The maximum Gasteiger partial charge on any atom is 0.0700 e. The summed E-state index contributed by atoms with van der Waals surface area (Å²) < 4.78 is 4.89. The van der Waals surface area contributed by atoms with E-state index in [4.69, 9.17) is 4.74 Å². The van der Waals surface area contributed by atoms with Crippen LogP contribution < -0.4 is 0 Å². The van der Waals surface area contributed by atoms with E-state index in [1.54, 1.807) is 0 Å². The van der Waals surface area contributed by atoms with Gasteiger partial charge in [0.05, 0.1) is 7.11 Å². The summed E-state index contributed by atoms with van der Waals surface area (Å²) in [7, 11) is 3.41. The van der Waals surface area contributed by atoms with Crippen LogP contribution in [0.15, 0.2) is 0 Å². The van der Waals surface area contributed by atoms with Gasteiger partial charge in [-0.3, -0.25) is 0 Å². The van der Waals surface area contributed by atoms with Crippen molar-refractivity contribution in [2.24, 2.45) is 5.92 Å². The third kappa shape index (κ3) is 2.70. The Morgan fingerprint density at radius 2 is 1.70 bits per heavy atom. The molecule has 0 spiro atoms. The average molecular weight is 141 g/mol. The fourth-order valence-electron chi connectivity index (χ4n) is 1.70. The average Bonchev–Trinajstić information content (AvgIpc) is 2.17. The van der Waals surface area contributed by atoms with Crippen LogP contribution in [0.3, 0.4) is 0 Å². The second-order valence-corrected chi connectivity index (χ2v) is 3.23. The maximum absolute atomic E-state index is 4.89. The highest BCUT2D eigenvalue weighted by Gasteiger charge is 2.10. The maximum atomic E-state index is 4.89. The standard InChI is InChI=1S/C9H17O/c1-10-8-9-6-4-2-3-5-7-9/h9H,1-8H2. The van der Waals surface area contributed by atoms with E-state index in [-0.39, 0.29) is 0 Å². The number of hydrogen-bond acceptors (Lipinski definition) is 1. The number of hydrogen-bond donors (Lipinski definition) is 0. The third-order valence-corrected chi connectivity index (χ3v) is 2.33. The smallest absolute Gasteiger partial charge is 0.0700 e. The topological polar surface area (TPSA) is 9.23 Å². The largest absolute Gasteiger partial charge is 0.379 e. The van der Waals surface area contributed by atoms with Crippen molar-refractivity contribution in [1.82, 2.24) is 0 Å². The summed E-state index contributed by atoms with van der Waals surface area (Å²) in [5.74, 6) is 0.806. The molecule has 1 rings (SSSR count). The third-order valence-electron chi connectivity index (χ3n) is 2.33. The lowest BCUT2D eigenvalue weighted by molar-refractivity contribution is 0.177. The zero-order valence-corrected chi connectivity index (χ0v) is 6.64. The van der Waals surface area contributed by atoms with Gasteiger partial charge in [-0.1, -0.05) is 25.7 Å². The molecule has 0 aliphatic heterocycles. The van der Waals surface area contributed by atoms with Gasteiger partial charge in [-0.25, -0.2) is 0 Å². The molecule has 0 unspecified atom stereocenters. The molecule has 0 amide bonds. The highest BCUT2D eigenvalue weighted by molar-refractivity contribution is 4.63. The second-order valence-electron chi connectivity index (χ2n) is 3.23. The molecule has 1 heteroatoms. The van der Waals surface area contributed by atoms with Gasteiger partial charge in [0.2, 0.25) is 0 Å². The summed E-state index contributed by atoms with van der Waals surface area (Å²) in [6.07, 6.45) is 8.36. The van der Waals surface area contributed by atoms with E-state index in [1.165, 1.54) is 38.5 Å². The Hall–Kier alpha value is -0.0400. The van der Waals surface area contributed by atoms with Crippen LogP contribution in [0, 0.1) is 13.0 Å². The van der Waals surface area contributed by atoms with Crippen LogP contribution in [0.1, 0.15) is 38.5 Å². The van der Waals surface area contributed by atoms with Gasteiger partial charge in [0.1, 0.15) is 0 Å². The van der Waals surface area contributed by atoms with Crippen molar-refractivity contribution in [3.63, 3.8) is 0 Å². The minimum absolute atomic E-state index is 0.806. The quantitative estimate of drug-likeness (QED) is 0.537. The molecule has 0 heterocycles. The van der Waals surface area contributed by atoms with Crippen molar-refractivity contribution in [2.75, 3.05) is 6.61 Å². The Morgan fingerprint density at radius 3 is 2.20 bits per heavy atom. The van der Waals surface area contributed by atoms with Gasteiger partial charge < -0.3 is 4.74 Å². The van der Waals surface area contributed by atoms with Gasteiger partial charge >= 0.3 is 0 Å². The fourth-order valence-corrected chi connectivity index (χ4v) is 1.70. The Labute approximate surface area is 63.8 Å². The van der Waals surface area contributed by atoms with Gasteiger partial charge in [0, 0.05) is 6.61 Å². The van der Waals surface area contributed by atoms with Crippen molar-refractivity contribution < 1.29 is 4.74 Å². The van der Waals surface area contributed by atoms with Gasteiger partial charge in [-0.05, 0) is 18.8 Å². The molecule has 0 aromatic rings. The van der Waals surface area contributed by atoms with Crippen molar-refractivity contribution in [2.45, 2.75) is 38.5 Å². The summed E-state index contributed by atoms with van der Waals surface area (Å²) in [5, 5.41) is 0. The van der Waals surface area contributed by atoms with E-state index in [9.17, 15) is 0 Å². The molecule has 0 aromatic carbocycles. The number of rotatable bonds is 2. The lowest BCUT2D eigenvalue weighted by Crippen LogP contribution is -2.05. The lowest BCUT2D eigenvalue weighted by atomic mass is 10.0. The van der Waals surface area contributed by atoms with E-state index >= 15 is 0 Å². The normalized spacial score (nSPS) is 22.5. The molecule has 1 radical (unpaired) electrons. The predicted molar refractivity (Wildman–Crippen MR) is 42.5 cm³/mol. The zero-order chi connectivity index (χ0) is 7.23. The molecule has 10 heavy (non-hydrogen) atoms. The summed E-state index contributed by atoms with van der Waals surface area (Å²) in [4.78, 5) is 0. The van der Waals surface area contributed by atoms with Crippen LogP contribution in [0.4, 0.5) is 0 Å². The summed E-state index contributed by atoms with van der Waals surface area (Å²) >= 11 is 0. The molecule has 0 N–H and O–H groups in total. The molecule has 1 aliphatic carbocycles. The van der Waals surface area contributed by atoms with Crippen molar-refractivity contribution in [3.05, 3.63) is 7.11 Å². The predicted octanol–water partition coefficient (Wildman–Crippen LogP) is 2.76. The van der Waals surface area contributed by atoms with Gasteiger partial charge in [-0.15, -0.1) is 0 Å². The summed E-state index contributed by atoms with van der Waals surface area (Å²) in [5.41, 5.74) is 0. The van der Waals surface area contributed by atoms with E-state index in [0.29, 0.717) is 0 Å². The van der Waals surface area contributed by atoms with Gasteiger partial charge in [-0.2, -0.15) is 0 Å². The molecule has 0 saturated heterocycles. The van der Waals surface area contributed by atoms with Crippen LogP contribution >= 0.6 is 0 Å². The van der Waals surface area contributed by atoms with Crippen LogP contribution in [0.25, 0.3) is 0 Å². The second kappa shape index (κ2) is 4.73. The molecule has 0 atom stereocenters. The monoisotopic (exact) mass is 141 g/mol. The first-order valence-corrected chi connectivity index (χ1v) is 4.30. The van der Waals surface area contributed by atoms with Crippen molar-refractivity contribution in [1.29, 1.82) is 0 Å². The van der Waals surface area contributed by atoms with Gasteiger partial charge in [0.25, 0.3) is 0 Å². The first kappa shape index (κ1) is 8.06. The summed E-state index contributed by atoms with van der Waals surface area (Å²) in [6.45, 7) is 0.875. The molecule has 1 nitrogen and oxygen atoms in total. The first-order chi connectivity index (χ1) is 4.93. The molecule has 0 aromatic heterocycles. The minimum Gasteiger partial charge on any atom is -0.379 e. The first-order valence-electron chi connectivity index (χ1n) is 4.30. The highest BCUT2D eigenvalue weighted by atomic mass is 16.5. The van der Waals surface area contributed by atoms with Crippen LogP contribution in [-0.2, 0) is 4.74 Å². The molecule has 1 fully saturated rings. The lowest BCUT2D eigenvalue weighted by Gasteiger charge is -2.10. The Balaban J connectivity index is 2.15. The molecule has 1 aliphatic rings. The van der Waals surface area contributed by atoms with Crippen molar-refractivity contribution in [3.8, 4) is 0 Å². The van der Waals surface area contributed by atoms with E-state index in [1.807, 2.05) is 0 Å². The molecule has 59 valence electrons.